The van der Waals surface area contributed by atoms with Gasteiger partial charge in [-0.15, -0.1) is 0 Å². The third-order valence-electron chi connectivity index (χ3n) is 3.20. The van der Waals surface area contributed by atoms with Crippen LogP contribution in [0.1, 0.15) is 11.3 Å². The van der Waals surface area contributed by atoms with Crippen LogP contribution < -0.4 is 10.1 Å². The second-order valence-electron chi connectivity index (χ2n) is 4.78. The summed E-state index contributed by atoms with van der Waals surface area (Å²) in [5, 5.41) is 17.4. The lowest BCUT2D eigenvalue weighted by Crippen LogP contribution is -2.20. The maximum atomic E-state index is 12.1. The van der Waals surface area contributed by atoms with Gasteiger partial charge in [0.2, 0.25) is 5.91 Å². The standard InChI is InChI=1S/C14H16N4O4/c1-9-4-5-13(22-3)11(6-9)16-14(19)8-17-10(2)12(7-15-17)18(20)21/h4-7H,8H2,1-3H3,(H,16,19). The van der Waals surface area contributed by atoms with Crippen LogP contribution in [0.25, 0.3) is 0 Å². The monoisotopic (exact) mass is 304 g/mol. The van der Waals surface area contributed by atoms with Gasteiger partial charge in [0.15, 0.2) is 0 Å². The summed E-state index contributed by atoms with van der Waals surface area (Å²) in [6, 6.07) is 5.42. The molecule has 0 aliphatic carbocycles. The molecular weight excluding hydrogens is 288 g/mol. The van der Waals surface area contributed by atoms with Crippen molar-refractivity contribution in [3.05, 3.63) is 45.8 Å². The molecule has 22 heavy (non-hydrogen) atoms. The molecule has 1 aromatic carbocycles. The molecule has 0 saturated heterocycles. The average molecular weight is 304 g/mol. The van der Waals surface area contributed by atoms with E-state index in [1.165, 1.54) is 11.8 Å². The highest BCUT2D eigenvalue weighted by Crippen LogP contribution is 2.25. The number of methoxy groups -OCH3 is 1. The zero-order valence-electron chi connectivity index (χ0n) is 12.5. The van der Waals surface area contributed by atoms with Gasteiger partial charge in [-0.3, -0.25) is 19.6 Å². The molecule has 1 amide bonds. The largest absolute Gasteiger partial charge is 0.495 e. The molecule has 2 aromatic rings. The normalized spacial score (nSPS) is 10.3. The second-order valence-corrected chi connectivity index (χ2v) is 4.78. The Morgan fingerprint density at radius 2 is 2.18 bits per heavy atom. The number of hydrogen-bond donors (Lipinski definition) is 1. The lowest BCUT2D eigenvalue weighted by molar-refractivity contribution is -0.385. The number of nitrogens with one attached hydrogen (secondary N) is 1. The number of rotatable bonds is 5. The number of carbonyl (C=O) groups is 1. The SMILES string of the molecule is COc1ccc(C)cc1NC(=O)Cn1ncc([N+](=O)[O-])c1C. The van der Waals surface area contributed by atoms with Crippen molar-refractivity contribution in [3.8, 4) is 5.75 Å². The smallest absolute Gasteiger partial charge is 0.309 e. The first-order valence-electron chi connectivity index (χ1n) is 6.53. The van der Waals surface area contributed by atoms with Crippen molar-refractivity contribution in [2.24, 2.45) is 0 Å². The van der Waals surface area contributed by atoms with Crippen LogP contribution in [0.5, 0.6) is 5.75 Å². The molecule has 0 atom stereocenters. The molecule has 2 rings (SSSR count). The van der Waals surface area contributed by atoms with Gasteiger partial charge in [0.25, 0.3) is 0 Å². The predicted octanol–water partition coefficient (Wildman–Crippen LogP) is 2.06. The summed E-state index contributed by atoms with van der Waals surface area (Å²) in [7, 11) is 1.52. The van der Waals surface area contributed by atoms with Crippen LogP contribution in [-0.2, 0) is 11.3 Å². The first-order chi connectivity index (χ1) is 10.4. The lowest BCUT2D eigenvalue weighted by Gasteiger charge is -2.11. The molecular formula is C14H16N4O4. The van der Waals surface area contributed by atoms with E-state index in [-0.39, 0.29) is 18.1 Å². The third-order valence-corrected chi connectivity index (χ3v) is 3.20. The summed E-state index contributed by atoms with van der Waals surface area (Å²) in [5.41, 5.74) is 1.74. The molecule has 0 bridgehead atoms. The van der Waals surface area contributed by atoms with Crippen LogP contribution in [0, 0.1) is 24.0 Å². The van der Waals surface area contributed by atoms with E-state index in [2.05, 4.69) is 10.4 Å². The maximum Gasteiger partial charge on any atom is 0.309 e. The predicted molar refractivity (Wildman–Crippen MR) is 80.0 cm³/mol. The fourth-order valence-corrected chi connectivity index (χ4v) is 2.02. The van der Waals surface area contributed by atoms with Gasteiger partial charge in [-0.05, 0) is 31.5 Å². The van der Waals surface area contributed by atoms with Gasteiger partial charge < -0.3 is 10.1 Å². The number of benzene rings is 1. The van der Waals surface area contributed by atoms with Crippen molar-refractivity contribution < 1.29 is 14.5 Å². The van der Waals surface area contributed by atoms with E-state index in [1.807, 2.05) is 13.0 Å². The van der Waals surface area contributed by atoms with Gasteiger partial charge in [-0.2, -0.15) is 5.10 Å². The van der Waals surface area contributed by atoms with Crippen molar-refractivity contribution >= 4 is 17.3 Å². The van der Waals surface area contributed by atoms with Crippen LogP contribution in [-0.4, -0.2) is 27.7 Å². The van der Waals surface area contributed by atoms with Crippen molar-refractivity contribution in [3.63, 3.8) is 0 Å². The minimum atomic E-state index is -0.527. The summed E-state index contributed by atoms with van der Waals surface area (Å²) in [5.74, 6) is 0.201. The Morgan fingerprint density at radius 1 is 1.45 bits per heavy atom. The number of hydrogen-bond acceptors (Lipinski definition) is 5. The van der Waals surface area contributed by atoms with E-state index in [9.17, 15) is 14.9 Å². The molecule has 8 nitrogen and oxygen atoms in total. The van der Waals surface area contributed by atoms with Gasteiger partial charge in [-0.1, -0.05) is 6.07 Å². The minimum absolute atomic E-state index is 0.110. The van der Waals surface area contributed by atoms with Gasteiger partial charge in [0.05, 0.1) is 17.7 Å². The number of amides is 1. The topological polar surface area (TPSA) is 99.3 Å². The quantitative estimate of drug-likeness (QED) is 0.673. The molecule has 116 valence electrons. The van der Waals surface area contributed by atoms with E-state index in [4.69, 9.17) is 4.74 Å². The highest BCUT2D eigenvalue weighted by atomic mass is 16.6. The maximum absolute atomic E-state index is 12.1. The van der Waals surface area contributed by atoms with Crippen molar-refractivity contribution in [2.45, 2.75) is 20.4 Å². The summed E-state index contributed by atoms with van der Waals surface area (Å²) in [6.45, 7) is 3.33. The molecule has 0 saturated carbocycles. The zero-order chi connectivity index (χ0) is 16.3. The van der Waals surface area contributed by atoms with E-state index >= 15 is 0 Å². The van der Waals surface area contributed by atoms with Gasteiger partial charge in [-0.25, -0.2) is 0 Å². The lowest BCUT2D eigenvalue weighted by atomic mass is 10.2. The zero-order valence-corrected chi connectivity index (χ0v) is 12.5. The minimum Gasteiger partial charge on any atom is -0.495 e. The van der Waals surface area contributed by atoms with Gasteiger partial charge in [0.1, 0.15) is 24.2 Å². The first kappa shape index (κ1) is 15.5. The summed E-state index contributed by atoms with van der Waals surface area (Å²) < 4.78 is 6.47. The van der Waals surface area contributed by atoms with Crippen LogP contribution >= 0.6 is 0 Å². The third kappa shape index (κ3) is 3.22. The van der Waals surface area contributed by atoms with E-state index in [1.54, 1.807) is 19.1 Å². The summed E-state index contributed by atoms with van der Waals surface area (Å²) in [6.07, 6.45) is 1.13. The molecule has 8 heteroatoms. The first-order valence-corrected chi connectivity index (χ1v) is 6.53. The molecule has 1 N–H and O–H groups in total. The van der Waals surface area contributed by atoms with Crippen molar-refractivity contribution in [2.75, 3.05) is 12.4 Å². The molecule has 0 spiro atoms. The number of ether oxygens (including phenoxy) is 1. The van der Waals surface area contributed by atoms with Crippen molar-refractivity contribution in [1.82, 2.24) is 9.78 Å². The Morgan fingerprint density at radius 3 is 2.77 bits per heavy atom. The van der Waals surface area contributed by atoms with Crippen LogP contribution in [0.2, 0.25) is 0 Å². The molecule has 1 aromatic heterocycles. The number of nitrogens with zero attached hydrogens (tertiary/aromatic N) is 3. The highest BCUT2D eigenvalue weighted by Gasteiger charge is 2.18. The summed E-state index contributed by atoms with van der Waals surface area (Å²) >= 11 is 0. The molecule has 1 heterocycles. The fourth-order valence-electron chi connectivity index (χ4n) is 2.02. The molecule has 0 aliphatic rings. The van der Waals surface area contributed by atoms with Gasteiger partial charge in [0, 0.05) is 0 Å². The summed E-state index contributed by atoms with van der Waals surface area (Å²) in [4.78, 5) is 22.3. The fraction of sp³-hybridized carbons (Fsp3) is 0.286. The second kappa shape index (κ2) is 6.25. The van der Waals surface area contributed by atoms with E-state index in [0.717, 1.165) is 11.8 Å². The van der Waals surface area contributed by atoms with Crippen LogP contribution in [0.15, 0.2) is 24.4 Å². The molecule has 0 unspecified atom stereocenters. The van der Waals surface area contributed by atoms with E-state index < -0.39 is 4.92 Å². The number of aromatic nitrogens is 2. The number of nitro groups is 1. The Kier molecular flexibility index (Phi) is 4.40. The Balaban J connectivity index is 2.14. The Labute approximate surface area is 126 Å². The van der Waals surface area contributed by atoms with E-state index in [0.29, 0.717) is 17.1 Å². The highest BCUT2D eigenvalue weighted by molar-refractivity contribution is 5.92. The van der Waals surface area contributed by atoms with Crippen LogP contribution in [0.4, 0.5) is 11.4 Å². The van der Waals surface area contributed by atoms with Gasteiger partial charge >= 0.3 is 5.69 Å². The Bertz CT molecular complexity index is 724. The molecule has 0 radical (unpaired) electrons. The molecule has 0 fully saturated rings. The number of anilines is 1. The van der Waals surface area contributed by atoms with Crippen LogP contribution in [0.3, 0.4) is 0 Å². The molecule has 0 aliphatic heterocycles. The number of carbonyl (C=O) groups excluding carboxylic acids is 1. The average Bonchev–Trinajstić information content (AvgIpc) is 2.80. The van der Waals surface area contributed by atoms with Crippen molar-refractivity contribution in [1.29, 1.82) is 0 Å². The number of aryl methyl sites for hydroxylation is 1. The Hall–Kier alpha value is -2.90.